The molecule has 1 atom stereocenters. The van der Waals surface area contributed by atoms with Gasteiger partial charge in [-0.1, -0.05) is 57.2 Å². The van der Waals surface area contributed by atoms with Crippen LogP contribution in [0, 0.1) is 5.92 Å². The molecule has 0 aliphatic carbocycles. The van der Waals surface area contributed by atoms with E-state index >= 15 is 0 Å². The number of carbonyl (C=O) groups excluding carboxylic acids is 1. The summed E-state index contributed by atoms with van der Waals surface area (Å²) in [7, 11) is 1.97. The number of nitrogens with zero attached hydrogens (tertiary/aromatic N) is 4. The predicted molar refractivity (Wildman–Crippen MR) is 120 cm³/mol. The standard InChI is InChI=1S/C20H21N5OS.C2H6/c1-11(2)18(26)23-12(3)13-6-5-7-14(8-13)19-24-16-17-15(22-10-25(17)4)9-21-20(16)27-19;1-2/h5-12H,1-4H3,(H,23,26);1-2H3/t12-;/m0./s1. The van der Waals surface area contributed by atoms with Crippen molar-refractivity contribution >= 4 is 38.6 Å². The van der Waals surface area contributed by atoms with E-state index in [4.69, 9.17) is 4.98 Å². The average Bonchev–Trinajstić information content (AvgIpc) is 3.33. The number of nitrogens with one attached hydrogen (secondary N) is 1. The van der Waals surface area contributed by atoms with Crippen LogP contribution in [0.25, 0.3) is 32.0 Å². The Labute approximate surface area is 175 Å². The molecule has 1 amide bonds. The molecule has 6 nitrogen and oxygen atoms in total. The van der Waals surface area contributed by atoms with Crippen molar-refractivity contribution in [3.63, 3.8) is 0 Å². The van der Waals surface area contributed by atoms with Gasteiger partial charge in [-0.2, -0.15) is 0 Å². The normalized spacial score (nSPS) is 12.1. The highest BCUT2D eigenvalue weighted by Gasteiger charge is 2.16. The molecule has 1 aromatic carbocycles. The summed E-state index contributed by atoms with van der Waals surface area (Å²) >= 11 is 1.57. The first-order valence-corrected chi connectivity index (χ1v) is 10.7. The molecular formula is C22H27N5OS. The number of hydrogen-bond donors (Lipinski definition) is 1. The number of aryl methyl sites for hydroxylation is 1. The van der Waals surface area contributed by atoms with E-state index < -0.39 is 0 Å². The van der Waals surface area contributed by atoms with E-state index in [2.05, 4.69) is 21.4 Å². The zero-order valence-corrected chi connectivity index (χ0v) is 18.5. The summed E-state index contributed by atoms with van der Waals surface area (Å²) in [6.45, 7) is 9.79. The number of aromatic nitrogens is 4. The van der Waals surface area contributed by atoms with Crippen molar-refractivity contribution in [1.82, 2.24) is 24.8 Å². The first-order valence-electron chi connectivity index (χ1n) is 9.91. The Kier molecular flexibility index (Phi) is 6.27. The molecule has 3 heterocycles. The van der Waals surface area contributed by atoms with Gasteiger partial charge >= 0.3 is 0 Å². The molecule has 0 radical (unpaired) electrons. The number of pyridine rings is 1. The summed E-state index contributed by atoms with van der Waals surface area (Å²) in [4.78, 5) is 26.6. The molecule has 29 heavy (non-hydrogen) atoms. The van der Waals surface area contributed by atoms with Crippen molar-refractivity contribution in [2.45, 2.75) is 40.7 Å². The Morgan fingerprint density at radius 3 is 2.66 bits per heavy atom. The number of fused-ring (bicyclic) bond motifs is 3. The number of thiazole rings is 1. The smallest absolute Gasteiger partial charge is 0.223 e. The number of imidazole rings is 1. The fourth-order valence-electron chi connectivity index (χ4n) is 3.03. The highest BCUT2D eigenvalue weighted by molar-refractivity contribution is 7.21. The lowest BCUT2D eigenvalue weighted by Gasteiger charge is -2.16. The van der Waals surface area contributed by atoms with Crippen LogP contribution in [-0.4, -0.2) is 25.4 Å². The third-order valence-electron chi connectivity index (χ3n) is 4.62. The van der Waals surface area contributed by atoms with Gasteiger partial charge in [-0.3, -0.25) is 4.79 Å². The summed E-state index contributed by atoms with van der Waals surface area (Å²) < 4.78 is 1.97. The van der Waals surface area contributed by atoms with Crippen LogP contribution in [0.3, 0.4) is 0 Å². The Hall–Kier alpha value is -2.80. The van der Waals surface area contributed by atoms with Gasteiger partial charge in [-0.05, 0) is 18.6 Å². The number of hydrogen-bond acceptors (Lipinski definition) is 5. The minimum absolute atomic E-state index is 0.0349. The lowest BCUT2D eigenvalue weighted by Crippen LogP contribution is -2.30. The largest absolute Gasteiger partial charge is 0.349 e. The fraction of sp³-hybridized carbons (Fsp3) is 0.364. The topological polar surface area (TPSA) is 72.7 Å². The van der Waals surface area contributed by atoms with Gasteiger partial charge in [0.2, 0.25) is 5.91 Å². The second-order valence-electron chi connectivity index (χ2n) is 7.03. The maximum absolute atomic E-state index is 12.0. The van der Waals surface area contributed by atoms with Crippen molar-refractivity contribution in [2.75, 3.05) is 0 Å². The van der Waals surface area contributed by atoms with Crippen molar-refractivity contribution in [3.05, 3.63) is 42.4 Å². The van der Waals surface area contributed by atoms with Gasteiger partial charge in [-0.15, -0.1) is 0 Å². The number of benzene rings is 1. The summed E-state index contributed by atoms with van der Waals surface area (Å²) in [6, 6.07) is 8.10. The van der Waals surface area contributed by atoms with Gasteiger partial charge < -0.3 is 9.88 Å². The summed E-state index contributed by atoms with van der Waals surface area (Å²) in [6.07, 6.45) is 3.57. The Bertz CT molecular complexity index is 1140. The van der Waals surface area contributed by atoms with Gasteiger partial charge in [0.1, 0.15) is 20.9 Å². The number of amides is 1. The Morgan fingerprint density at radius 2 is 1.93 bits per heavy atom. The predicted octanol–water partition coefficient (Wildman–Crippen LogP) is 5.10. The summed E-state index contributed by atoms with van der Waals surface area (Å²) in [5, 5.41) is 3.96. The molecule has 0 bridgehead atoms. The van der Waals surface area contributed by atoms with Crippen LogP contribution >= 0.6 is 11.3 Å². The zero-order valence-electron chi connectivity index (χ0n) is 17.7. The monoisotopic (exact) mass is 409 g/mol. The third kappa shape index (κ3) is 4.15. The van der Waals surface area contributed by atoms with Crippen LogP contribution in [0.2, 0.25) is 0 Å². The molecule has 0 unspecified atom stereocenters. The number of rotatable bonds is 4. The van der Waals surface area contributed by atoms with Crippen LogP contribution in [0.4, 0.5) is 0 Å². The first-order chi connectivity index (χ1) is 13.9. The average molecular weight is 410 g/mol. The third-order valence-corrected chi connectivity index (χ3v) is 5.63. The SMILES string of the molecule is CC.CC(C)C(=O)N[C@@H](C)c1cccc(-c2nc3c(ncc4ncn(C)c43)s2)c1. The molecule has 0 saturated heterocycles. The van der Waals surface area contributed by atoms with Crippen LogP contribution in [-0.2, 0) is 11.8 Å². The molecule has 4 rings (SSSR count). The lowest BCUT2D eigenvalue weighted by atomic mass is 10.0. The maximum Gasteiger partial charge on any atom is 0.223 e. The van der Waals surface area contributed by atoms with Gasteiger partial charge in [-0.25, -0.2) is 15.0 Å². The molecule has 0 fully saturated rings. The van der Waals surface area contributed by atoms with Crippen molar-refractivity contribution < 1.29 is 4.79 Å². The molecule has 0 saturated carbocycles. The Balaban J connectivity index is 0.00000117. The van der Waals surface area contributed by atoms with Gasteiger partial charge in [0.25, 0.3) is 0 Å². The molecule has 7 heteroatoms. The van der Waals surface area contributed by atoms with Crippen LogP contribution in [0.5, 0.6) is 0 Å². The van der Waals surface area contributed by atoms with E-state index in [0.29, 0.717) is 0 Å². The molecule has 4 aromatic rings. The lowest BCUT2D eigenvalue weighted by molar-refractivity contribution is -0.124. The highest BCUT2D eigenvalue weighted by atomic mass is 32.1. The molecule has 0 spiro atoms. The van der Waals surface area contributed by atoms with E-state index in [9.17, 15) is 4.79 Å². The number of carbonyl (C=O) groups is 1. The molecule has 0 aliphatic heterocycles. The van der Waals surface area contributed by atoms with Crippen LogP contribution < -0.4 is 5.32 Å². The quantitative estimate of drug-likeness (QED) is 0.509. The minimum Gasteiger partial charge on any atom is -0.349 e. The minimum atomic E-state index is -0.0591. The second kappa shape index (κ2) is 8.69. The van der Waals surface area contributed by atoms with Crippen molar-refractivity contribution in [1.29, 1.82) is 0 Å². The highest BCUT2D eigenvalue weighted by Crippen LogP contribution is 2.33. The zero-order chi connectivity index (χ0) is 21.1. The van der Waals surface area contributed by atoms with Crippen LogP contribution in [0.15, 0.2) is 36.8 Å². The van der Waals surface area contributed by atoms with E-state index in [1.807, 2.05) is 64.4 Å². The van der Waals surface area contributed by atoms with E-state index in [0.717, 1.165) is 37.5 Å². The summed E-state index contributed by atoms with van der Waals surface area (Å²) in [5.74, 6) is 0.0166. The van der Waals surface area contributed by atoms with E-state index in [1.165, 1.54) is 0 Å². The maximum atomic E-state index is 12.0. The van der Waals surface area contributed by atoms with Crippen LogP contribution in [0.1, 0.15) is 46.2 Å². The van der Waals surface area contributed by atoms with Gasteiger partial charge in [0, 0.05) is 18.5 Å². The van der Waals surface area contributed by atoms with E-state index in [-0.39, 0.29) is 17.9 Å². The first kappa shape index (κ1) is 20.9. The molecule has 1 N–H and O–H groups in total. The molecule has 0 aliphatic rings. The molecule has 3 aromatic heterocycles. The molecule has 152 valence electrons. The Morgan fingerprint density at radius 1 is 1.17 bits per heavy atom. The summed E-state index contributed by atoms with van der Waals surface area (Å²) in [5.41, 5.74) is 4.80. The van der Waals surface area contributed by atoms with Gasteiger partial charge in [0.15, 0.2) is 0 Å². The fourth-order valence-corrected chi connectivity index (χ4v) is 3.94. The molecular weight excluding hydrogens is 382 g/mol. The van der Waals surface area contributed by atoms with Crippen molar-refractivity contribution in [3.8, 4) is 10.6 Å². The van der Waals surface area contributed by atoms with Crippen molar-refractivity contribution in [2.24, 2.45) is 13.0 Å². The van der Waals surface area contributed by atoms with E-state index in [1.54, 1.807) is 23.9 Å². The second-order valence-corrected chi connectivity index (χ2v) is 8.01. The van der Waals surface area contributed by atoms with Gasteiger partial charge in [0.05, 0.1) is 24.1 Å².